The van der Waals surface area contributed by atoms with Crippen LogP contribution in [0.4, 0.5) is 11.4 Å². The third-order valence-electron chi connectivity index (χ3n) is 4.82. The Morgan fingerprint density at radius 2 is 1.76 bits per heavy atom. The van der Waals surface area contributed by atoms with Gasteiger partial charge in [-0.25, -0.2) is 0 Å². The molecule has 2 aromatic rings. The van der Waals surface area contributed by atoms with Crippen molar-refractivity contribution in [2.24, 2.45) is 0 Å². The van der Waals surface area contributed by atoms with Gasteiger partial charge >= 0.3 is 0 Å². The zero-order chi connectivity index (χ0) is 21.0. The fraction of sp³-hybridized carbons (Fsp3) is 0.333. The first-order chi connectivity index (χ1) is 13.9. The summed E-state index contributed by atoms with van der Waals surface area (Å²) in [4.78, 5) is 28.7. The van der Waals surface area contributed by atoms with Crippen LogP contribution in [0.1, 0.15) is 30.1 Å². The van der Waals surface area contributed by atoms with Crippen molar-refractivity contribution in [3.8, 4) is 0 Å². The highest BCUT2D eigenvalue weighted by molar-refractivity contribution is 14.1. The lowest BCUT2D eigenvalue weighted by molar-refractivity contribution is -0.131. The molecular formula is C21H22Cl2IN3O2. The smallest absolute Gasteiger partial charge is 0.257 e. The number of benzene rings is 2. The normalized spacial score (nSPS) is 14.1. The summed E-state index contributed by atoms with van der Waals surface area (Å²) in [7, 11) is 0. The van der Waals surface area contributed by atoms with Crippen molar-refractivity contribution in [3.63, 3.8) is 0 Å². The Balaban J connectivity index is 1.66. The van der Waals surface area contributed by atoms with E-state index in [1.807, 2.05) is 30.0 Å². The maximum atomic E-state index is 12.5. The molecule has 8 heteroatoms. The molecular weight excluding hydrogens is 524 g/mol. The highest BCUT2D eigenvalue weighted by atomic mass is 127. The van der Waals surface area contributed by atoms with E-state index in [4.69, 9.17) is 23.2 Å². The third kappa shape index (κ3) is 5.55. The Bertz CT molecular complexity index is 915. The van der Waals surface area contributed by atoms with E-state index in [-0.39, 0.29) is 11.8 Å². The van der Waals surface area contributed by atoms with Gasteiger partial charge < -0.3 is 15.1 Å². The quantitative estimate of drug-likeness (QED) is 0.519. The Hall–Kier alpha value is -1.51. The molecule has 154 valence electrons. The predicted molar refractivity (Wildman–Crippen MR) is 127 cm³/mol. The number of hydrogen-bond donors (Lipinski definition) is 1. The molecule has 3 rings (SSSR count). The van der Waals surface area contributed by atoms with E-state index in [1.54, 1.807) is 18.2 Å². The second-order valence-electron chi connectivity index (χ2n) is 6.86. The van der Waals surface area contributed by atoms with Gasteiger partial charge in [-0.1, -0.05) is 30.1 Å². The van der Waals surface area contributed by atoms with Crippen LogP contribution in [0.3, 0.4) is 0 Å². The molecule has 1 N–H and O–H groups in total. The van der Waals surface area contributed by atoms with Gasteiger partial charge in [-0.05, 0) is 65.4 Å². The first-order valence-electron chi connectivity index (χ1n) is 9.47. The monoisotopic (exact) mass is 545 g/mol. The molecule has 1 aliphatic heterocycles. The first-order valence-corrected chi connectivity index (χ1v) is 11.3. The lowest BCUT2D eigenvalue weighted by Crippen LogP contribution is -2.48. The average molecular weight is 546 g/mol. The zero-order valence-electron chi connectivity index (χ0n) is 16.1. The first kappa shape index (κ1) is 22.2. The van der Waals surface area contributed by atoms with E-state index < -0.39 is 0 Å². The van der Waals surface area contributed by atoms with E-state index in [2.05, 4.69) is 32.8 Å². The van der Waals surface area contributed by atoms with Crippen LogP contribution in [-0.2, 0) is 4.79 Å². The molecule has 1 heterocycles. The van der Waals surface area contributed by atoms with Crippen LogP contribution in [0, 0.1) is 3.57 Å². The van der Waals surface area contributed by atoms with E-state index in [1.165, 1.54) is 0 Å². The van der Waals surface area contributed by atoms with Crippen molar-refractivity contribution < 1.29 is 9.59 Å². The summed E-state index contributed by atoms with van der Waals surface area (Å²) in [6.07, 6.45) is 1.46. The Morgan fingerprint density at radius 3 is 2.41 bits per heavy atom. The maximum absolute atomic E-state index is 12.5. The highest BCUT2D eigenvalue weighted by Crippen LogP contribution is 2.30. The minimum atomic E-state index is -0.277. The summed E-state index contributed by atoms with van der Waals surface area (Å²) in [6, 6.07) is 10.8. The van der Waals surface area contributed by atoms with Crippen molar-refractivity contribution in [2.45, 2.75) is 19.8 Å². The van der Waals surface area contributed by atoms with Crippen molar-refractivity contribution in [1.82, 2.24) is 4.90 Å². The molecule has 0 atom stereocenters. The van der Waals surface area contributed by atoms with Gasteiger partial charge in [0.1, 0.15) is 0 Å². The molecule has 0 spiro atoms. The van der Waals surface area contributed by atoms with Crippen molar-refractivity contribution >= 4 is 69.0 Å². The topological polar surface area (TPSA) is 52.7 Å². The standard InChI is InChI=1S/C21H22Cl2IN3O2/c1-2-3-20(28)27-10-8-26(9-11-27)19-7-5-15(13-18(19)23)25-21(29)16-12-14(24)4-6-17(16)22/h4-7,12-13H,2-3,8-11H2,1H3,(H,25,29). The predicted octanol–water partition coefficient (Wildman–Crippen LogP) is 5.30. The maximum Gasteiger partial charge on any atom is 0.257 e. The number of carbonyl (C=O) groups is 2. The second kappa shape index (κ2) is 10.00. The summed E-state index contributed by atoms with van der Waals surface area (Å²) in [5, 5.41) is 3.81. The Morgan fingerprint density at radius 1 is 1.03 bits per heavy atom. The molecule has 2 amide bonds. The minimum absolute atomic E-state index is 0.213. The number of hydrogen-bond acceptors (Lipinski definition) is 3. The fourth-order valence-electron chi connectivity index (χ4n) is 3.28. The Labute approximate surface area is 194 Å². The van der Waals surface area contributed by atoms with Gasteiger partial charge in [0.2, 0.25) is 5.91 Å². The average Bonchev–Trinajstić information content (AvgIpc) is 2.70. The lowest BCUT2D eigenvalue weighted by Gasteiger charge is -2.36. The SMILES string of the molecule is CCCC(=O)N1CCN(c2ccc(NC(=O)c3cc(I)ccc3Cl)cc2Cl)CC1. The molecule has 1 saturated heterocycles. The van der Waals surface area contributed by atoms with Crippen LogP contribution in [0.25, 0.3) is 0 Å². The summed E-state index contributed by atoms with van der Waals surface area (Å²) in [6.45, 7) is 4.87. The van der Waals surface area contributed by atoms with Crippen LogP contribution < -0.4 is 10.2 Å². The minimum Gasteiger partial charge on any atom is -0.367 e. The van der Waals surface area contributed by atoms with Gasteiger partial charge in [0, 0.05) is 41.9 Å². The number of piperazine rings is 1. The molecule has 0 bridgehead atoms. The molecule has 0 saturated carbocycles. The van der Waals surface area contributed by atoms with Crippen LogP contribution in [0.5, 0.6) is 0 Å². The molecule has 0 aromatic heterocycles. The van der Waals surface area contributed by atoms with Gasteiger partial charge in [0.25, 0.3) is 5.91 Å². The number of amides is 2. The van der Waals surface area contributed by atoms with Crippen molar-refractivity contribution in [2.75, 3.05) is 36.4 Å². The summed E-state index contributed by atoms with van der Waals surface area (Å²) >= 11 is 14.8. The number of nitrogens with zero attached hydrogens (tertiary/aromatic N) is 2. The number of carbonyl (C=O) groups excluding carboxylic acids is 2. The van der Waals surface area contributed by atoms with Crippen LogP contribution in [-0.4, -0.2) is 42.9 Å². The number of nitrogens with one attached hydrogen (secondary N) is 1. The second-order valence-corrected chi connectivity index (χ2v) is 8.92. The zero-order valence-corrected chi connectivity index (χ0v) is 19.7. The van der Waals surface area contributed by atoms with E-state index in [9.17, 15) is 9.59 Å². The van der Waals surface area contributed by atoms with E-state index in [0.29, 0.717) is 40.8 Å². The number of rotatable bonds is 5. The summed E-state index contributed by atoms with van der Waals surface area (Å²) < 4.78 is 0.932. The molecule has 2 aromatic carbocycles. The van der Waals surface area contributed by atoms with Crippen LogP contribution in [0.15, 0.2) is 36.4 Å². The molecule has 29 heavy (non-hydrogen) atoms. The number of anilines is 2. The van der Waals surface area contributed by atoms with Crippen molar-refractivity contribution in [3.05, 3.63) is 55.6 Å². The van der Waals surface area contributed by atoms with E-state index >= 15 is 0 Å². The molecule has 0 unspecified atom stereocenters. The molecule has 1 fully saturated rings. The fourth-order valence-corrected chi connectivity index (χ4v) is 4.27. The van der Waals surface area contributed by atoms with Gasteiger partial charge in [-0.3, -0.25) is 9.59 Å². The van der Waals surface area contributed by atoms with Gasteiger partial charge in [-0.2, -0.15) is 0 Å². The summed E-state index contributed by atoms with van der Waals surface area (Å²) in [5.41, 5.74) is 1.93. The largest absolute Gasteiger partial charge is 0.367 e. The van der Waals surface area contributed by atoms with Gasteiger partial charge in [0.05, 0.1) is 21.3 Å². The molecule has 0 aliphatic carbocycles. The molecule has 0 radical (unpaired) electrons. The Kier molecular flexibility index (Phi) is 7.65. The molecule has 5 nitrogen and oxygen atoms in total. The van der Waals surface area contributed by atoms with E-state index in [0.717, 1.165) is 28.8 Å². The van der Waals surface area contributed by atoms with Gasteiger partial charge in [-0.15, -0.1) is 0 Å². The van der Waals surface area contributed by atoms with Crippen LogP contribution in [0.2, 0.25) is 10.0 Å². The van der Waals surface area contributed by atoms with Gasteiger partial charge in [0.15, 0.2) is 0 Å². The summed E-state index contributed by atoms with van der Waals surface area (Å²) in [5.74, 6) is -0.0640. The lowest BCUT2D eigenvalue weighted by atomic mass is 10.2. The third-order valence-corrected chi connectivity index (χ3v) is 6.12. The highest BCUT2D eigenvalue weighted by Gasteiger charge is 2.22. The molecule has 1 aliphatic rings. The van der Waals surface area contributed by atoms with Crippen LogP contribution >= 0.6 is 45.8 Å². The van der Waals surface area contributed by atoms with Crippen molar-refractivity contribution in [1.29, 1.82) is 0 Å². The number of halogens is 3.